The van der Waals surface area contributed by atoms with Gasteiger partial charge in [0.15, 0.2) is 0 Å². The third kappa shape index (κ3) is 7.12. The molecule has 0 radical (unpaired) electrons. The minimum absolute atomic E-state index is 0. The summed E-state index contributed by atoms with van der Waals surface area (Å²) in [5.74, 6) is 1.89. The lowest BCUT2D eigenvalue weighted by Crippen LogP contribution is -2.12. The van der Waals surface area contributed by atoms with Crippen LogP contribution in [0.3, 0.4) is 0 Å². The molecule has 0 N–H and O–H groups in total. The quantitative estimate of drug-likeness (QED) is 0.219. The van der Waals surface area contributed by atoms with E-state index in [-0.39, 0.29) is 14.9 Å². The molecule has 41 heavy (non-hydrogen) atoms. The van der Waals surface area contributed by atoms with Crippen LogP contribution >= 0.6 is 27.5 Å². The van der Waals surface area contributed by atoms with Gasteiger partial charge in [0.05, 0.1) is 11.4 Å². The molecule has 2 aromatic heterocycles. The molecular weight excluding hydrogens is 588 g/mol. The van der Waals surface area contributed by atoms with Gasteiger partial charge in [-0.1, -0.05) is 90.0 Å². The molecule has 0 fully saturated rings. The van der Waals surface area contributed by atoms with Crippen molar-refractivity contribution in [3.63, 3.8) is 0 Å². The van der Waals surface area contributed by atoms with Crippen LogP contribution in [-0.4, -0.2) is 9.97 Å². The van der Waals surface area contributed by atoms with Crippen LogP contribution in [0.5, 0.6) is 0 Å². The summed E-state index contributed by atoms with van der Waals surface area (Å²) in [6.45, 7) is 11.3. The molecule has 6 rings (SSSR count). The summed E-state index contributed by atoms with van der Waals surface area (Å²) in [5, 5.41) is 0.825. The molecule has 0 bridgehead atoms. The van der Waals surface area contributed by atoms with Crippen molar-refractivity contribution in [2.45, 2.75) is 87.0 Å². The van der Waals surface area contributed by atoms with Gasteiger partial charge in [0.25, 0.3) is 0 Å². The van der Waals surface area contributed by atoms with Crippen LogP contribution in [0, 0.1) is 18.8 Å². The molecule has 218 valence electrons. The molecule has 0 amide bonds. The van der Waals surface area contributed by atoms with Crippen LogP contribution in [0.25, 0.3) is 0 Å². The summed E-state index contributed by atoms with van der Waals surface area (Å²) in [6, 6.07) is 19.7. The van der Waals surface area contributed by atoms with Gasteiger partial charge in [-0.05, 0) is 118 Å². The minimum atomic E-state index is 0. The molecule has 2 atom stereocenters. The molecule has 0 saturated heterocycles. The van der Waals surface area contributed by atoms with Crippen molar-refractivity contribution in [2.75, 3.05) is 0 Å². The van der Waals surface area contributed by atoms with Crippen LogP contribution in [-0.2, 0) is 25.7 Å². The molecule has 0 spiro atoms. The SMILES string of the molecule is C.C.CC(C)C1c2ccc(Cl)cc2CCc2cc(Br)cnc21.Cc1ccc2c(c1)CCc1cccnc1C2C(C)C. The van der Waals surface area contributed by atoms with Crippen molar-refractivity contribution in [3.05, 3.63) is 127 Å². The number of benzene rings is 2. The fourth-order valence-corrected chi connectivity index (χ4v) is 7.02. The first-order valence-electron chi connectivity index (χ1n) is 14.2. The Labute approximate surface area is 262 Å². The summed E-state index contributed by atoms with van der Waals surface area (Å²) in [7, 11) is 0. The topological polar surface area (TPSA) is 25.8 Å². The molecule has 2 aliphatic rings. The maximum absolute atomic E-state index is 6.17. The average molecular weight is 634 g/mol. The van der Waals surface area contributed by atoms with Crippen molar-refractivity contribution < 1.29 is 0 Å². The lowest BCUT2D eigenvalue weighted by molar-refractivity contribution is 0.550. The predicted octanol–water partition coefficient (Wildman–Crippen LogP) is 10.9. The number of aryl methyl sites for hydroxylation is 5. The van der Waals surface area contributed by atoms with E-state index in [0.717, 1.165) is 35.2 Å². The van der Waals surface area contributed by atoms with Gasteiger partial charge < -0.3 is 0 Å². The zero-order chi connectivity index (χ0) is 27.7. The number of pyridine rings is 2. The van der Waals surface area contributed by atoms with Crippen LogP contribution in [0.4, 0.5) is 0 Å². The average Bonchev–Trinajstić information content (AvgIpc) is 3.16. The third-order valence-corrected chi connectivity index (χ3v) is 8.89. The maximum Gasteiger partial charge on any atom is 0.0513 e. The third-order valence-electron chi connectivity index (χ3n) is 8.22. The van der Waals surface area contributed by atoms with Gasteiger partial charge in [-0.25, -0.2) is 0 Å². The van der Waals surface area contributed by atoms with Gasteiger partial charge in [-0.2, -0.15) is 0 Å². The standard InChI is InChI=1S/C18H21N.C17H17BrClN.2CH4/c1-12(2)17-16-9-6-13(3)11-15(16)8-7-14-5-4-10-19-18(14)17;1-10(2)16-15-6-5-14(19)8-11(15)3-4-12-7-13(18)9-20-17(12)16;;/h4-6,9-12,17H,7-8H2,1-3H3;5-10,16H,3-4H2,1-2H3;2*1H4. The molecule has 0 saturated carbocycles. The second-order valence-corrected chi connectivity index (χ2v) is 13.1. The first-order valence-corrected chi connectivity index (χ1v) is 15.4. The van der Waals surface area contributed by atoms with E-state index in [0.29, 0.717) is 23.7 Å². The Kier molecular flexibility index (Phi) is 11.4. The van der Waals surface area contributed by atoms with Crippen molar-refractivity contribution >= 4 is 27.5 Å². The van der Waals surface area contributed by atoms with Crippen molar-refractivity contribution in [1.29, 1.82) is 0 Å². The lowest BCUT2D eigenvalue weighted by atomic mass is 9.83. The Morgan fingerprint density at radius 1 is 0.707 bits per heavy atom. The molecule has 2 nitrogen and oxygen atoms in total. The lowest BCUT2D eigenvalue weighted by Gasteiger charge is -2.23. The first kappa shape index (κ1) is 33.0. The Balaban J connectivity index is 0.000000215. The van der Waals surface area contributed by atoms with E-state index < -0.39 is 0 Å². The number of halogens is 2. The molecule has 2 unspecified atom stereocenters. The molecule has 2 aromatic carbocycles. The maximum atomic E-state index is 6.17. The second-order valence-electron chi connectivity index (χ2n) is 11.7. The monoisotopic (exact) mass is 632 g/mol. The zero-order valence-corrected chi connectivity index (χ0v) is 26.0. The van der Waals surface area contributed by atoms with Crippen LogP contribution in [0.2, 0.25) is 5.02 Å². The smallest absolute Gasteiger partial charge is 0.0513 e. The number of hydrogen-bond acceptors (Lipinski definition) is 2. The predicted molar refractivity (Wildman–Crippen MR) is 180 cm³/mol. The minimum Gasteiger partial charge on any atom is -0.260 e. The molecule has 0 aliphatic heterocycles. The van der Waals surface area contributed by atoms with E-state index in [4.69, 9.17) is 21.6 Å². The highest BCUT2D eigenvalue weighted by Crippen LogP contribution is 2.40. The Bertz CT molecular complexity index is 1420. The highest BCUT2D eigenvalue weighted by atomic mass is 79.9. The van der Waals surface area contributed by atoms with Crippen LogP contribution in [0.1, 0.15) is 105 Å². The van der Waals surface area contributed by atoms with E-state index >= 15 is 0 Å². The molecule has 2 aliphatic carbocycles. The summed E-state index contributed by atoms with van der Waals surface area (Å²) in [5.41, 5.74) is 12.4. The summed E-state index contributed by atoms with van der Waals surface area (Å²) >= 11 is 9.71. The zero-order valence-electron chi connectivity index (χ0n) is 23.6. The van der Waals surface area contributed by atoms with Gasteiger partial charge in [-0.3, -0.25) is 9.97 Å². The van der Waals surface area contributed by atoms with Crippen molar-refractivity contribution in [2.24, 2.45) is 11.8 Å². The molecule has 2 heterocycles. The molecular formula is C37H46BrClN2. The van der Waals surface area contributed by atoms with Gasteiger partial charge in [-0.15, -0.1) is 0 Å². The number of nitrogens with zero attached hydrogens (tertiary/aromatic N) is 2. The molecule has 4 aromatic rings. The van der Waals surface area contributed by atoms with Gasteiger partial charge in [0, 0.05) is 33.7 Å². The van der Waals surface area contributed by atoms with E-state index in [2.05, 4.69) is 99.1 Å². The number of rotatable bonds is 2. The number of hydrogen-bond donors (Lipinski definition) is 0. The van der Waals surface area contributed by atoms with Gasteiger partial charge >= 0.3 is 0 Å². The summed E-state index contributed by atoms with van der Waals surface area (Å²) in [4.78, 5) is 9.43. The van der Waals surface area contributed by atoms with Crippen molar-refractivity contribution in [1.82, 2.24) is 9.97 Å². The number of aromatic nitrogens is 2. The van der Waals surface area contributed by atoms with E-state index in [1.54, 1.807) is 0 Å². The van der Waals surface area contributed by atoms with Crippen LogP contribution in [0.15, 0.2) is 71.5 Å². The fourth-order valence-electron chi connectivity index (χ4n) is 6.45. The van der Waals surface area contributed by atoms with E-state index in [9.17, 15) is 0 Å². The van der Waals surface area contributed by atoms with Crippen LogP contribution < -0.4 is 0 Å². The Morgan fingerprint density at radius 2 is 1.27 bits per heavy atom. The van der Waals surface area contributed by atoms with Crippen molar-refractivity contribution in [3.8, 4) is 0 Å². The van der Waals surface area contributed by atoms with Gasteiger partial charge in [0.2, 0.25) is 0 Å². The summed E-state index contributed by atoms with van der Waals surface area (Å²) in [6.07, 6.45) is 8.16. The highest BCUT2D eigenvalue weighted by Gasteiger charge is 2.28. The van der Waals surface area contributed by atoms with Gasteiger partial charge in [0.1, 0.15) is 0 Å². The first-order chi connectivity index (χ1) is 18.7. The molecule has 4 heteroatoms. The summed E-state index contributed by atoms with van der Waals surface area (Å²) < 4.78 is 1.06. The second kappa shape index (κ2) is 14.1. The normalized spacial score (nSPS) is 16.8. The number of fused-ring (bicyclic) bond motifs is 4. The highest BCUT2D eigenvalue weighted by molar-refractivity contribution is 9.10. The largest absolute Gasteiger partial charge is 0.260 e. The Hall–Kier alpha value is -2.49. The van der Waals surface area contributed by atoms with E-state index in [1.807, 2.05) is 18.5 Å². The van der Waals surface area contributed by atoms with E-state index in [1.165, 1.54) is 50.3 Å². The fraction of sp³-hybridized carbons (Fsp3) is 0.405. The Morgan fingerprint density at radius 3 is 1.93 bits per heavy atom.